The van der Waals surface area contributed by atoms with Gasteiger partial charge in [-0.05, 0) is 49.0 Å². The Balaban J connectivity index is 1.79. The van der Waals surface area contributed by atoms with E-state index in [-0.39, 0.29) is 0 Å². The molecule has 1 aliphatic rings. The minimum atomic E-state index is 0.952. The molecule has 0 N–H and O–H groups in total. The molecule has 0 aliphatic carbocycles. The Hall–Kier alpha value is -2.59. The first-order valence-corrected chi connectivity index (χ1v) is 7.95. The molecule has 1 aliphatic heterocycles. The summed E-state index contributed by atoms with van der Waals surface area (Å²) in [5, 5.41) is 4.34. The molecule has 0 unspecified atom stereocenters. The van der Waals surface area contributed by atoms with Gasteiger partial charge in [-0.2, -0.15) is 5.10 Å². The van der Waals surface area contributed by atoms with Crippen molar-refractivity contribution in [2.75, 3.05) is 25.0 Å². The minimum Gasteiger partial charge on any atom is -0.340 e. The van der Waals surface area contributed by atoms with E-state index in [4.69, 9.17) is 0 Å². The Kier molecular flexibility index (Phi) is 3.60. The van der Waals surface area contributed by atoms with Gasteiger partial charge in [0.1, 0.15) is 0 Å². The smallest absolute Gasteiger partial charge is 0.0650 e. The number of likely N-dealkylation sites (N-methyl/N-ethyl adjacent to an activating group) is 1. The Morgan fingerprint density at radius 1 is 0.913 bits per heavy atom. The highest BCUT2D eigenvalue weighted by Gasteiger charge is 2.19. The average Bonchev–Trinajstić information content (AvgIpc) is 3.06. The number of hydrogen-bond donors (Lipinski definition) is 0. The van der Waals surface area contributed by atoms with Crippen molar-refractivity contribution in [1.82, 2.24) is 14.7 Å². The number of para-hydroxylation sites is 1. The third-order valence-electron chi connectivity index (χ3n) is 4.34. The van der Waals surface area contributed by atoms with Gasteiger partial charge in [-0.15, -0.1) is 0 Å². The van der Waals surface area contributed by atoms with Crippen LogP contribution in [0.1, 0.15) is 5.56 Å². The van der Waals surface area contributed by atoms with Crippen molar-refractivity contribution in [2.45, 2.75) is 6.54 Å². The van der Waals surface area contributed by atoms with Crippen molar-refractivity contribution in [3.63, 3.8) is 0 Å². The average molecular weight is 304 g/mol. The Labute approximate surface area is 136 Å². The van der Waals surface area contributed by atoms with Crippen molar-refractivity contribution in [3.05, 3.63) is 72.6 Å². The van der Waals surface area contributed by atoms with Crippen LogP contribution in [0.25, 0.3) is 5.69 Å². The van der Waals surface area contributed by atoms with Crippen LogP contribution in [-0.2, 0) is 6.54 Å². The molecule has 0 atom stereocenters. The number of fused-ring (bicyclic) bond motifs is 1. The Bertz CT molecular complexity index is 780. The van der Waals surface area contributed by atoms with Gasteiger partial charge in [-0.25, -0.2) is 4.68 Å². The number of aromatic nitrogens is 2. The van der Waals surface area contributed by atoms with Gasteiger partial charge in [0.25, 0.3) is 0 Å². The topological polar surface area (TPSA) is 24.3 Å². The van der Waals surface area contributed by atoms with E-state index in [1.807, 2.05) is 23.1 Å². The summed E-state index contributed by atoms with van der Waals surface area (Å²) in [6.07, 6.45) is 3.80. The van der Waals surface area contributed by atoms with E-state index in [1.165, 1.54) is 16.9 Å². The van der Waals surface area contributed by atoms with Crippen LogP contribution >= 0.6 is 0 Å². The van der Waals surface area contributed by atoms with Gasteiger partial charge < -0.3 is 9.80 Å². The summed E-state index contributed by atoms with van der Waals surface area (Å²) in [5.41, 5.74) is 4.98. The first-order valence-electron chi connectivity index (χ1n) is 7.95. The number of nitrogens with zero attached hydrogens (tertiary/aromatic N) is 4. The van der Waals surface area contributed by atoms with Crippen LogP contribution in [0.2, 0.25) is 0 Å². The number of anilines is 2. The van der Waals surface area contributed by atoms with E-state index in [2.05, 4.69) is 70.5 Å². The Morgan fingerprint density at radius 3 is 2.57 bits per heavy atom. The maximum absolute atomic E-state index is 4.34. The van der Waals surface area contributed by atoms with E-state index in [1.54, 1.807) is 0 Å². The highest BCUT2D eigenvalue weighted by Crippen LogP contribution is 2.32. The van der Waals surface area contributed by atoms with E-state index < -0.39 is 0 Å². The number of benzene rings is 2. The zero-order chi connectivity index (χ0) is 15.6. The van der Waals surface area contributed by atoms with Gasteiger partial charge in [-0.1, -0.05) is 18.2 Å². The van der Waals surface area contributed by atoms with Crippen LogP contribution < -0.4 is 4.90 Å². The van der Waals surface area contributed by atoms with Gasteiger partial charge in [-0.3, -0.25) is 0 Å². The summed E-state index contributed by atoms with van der Waals surface area (Å²) >= 11 is 0. The molecule has 1 aromatic heterocycles. The molecule has 4 nitrogen and oxygen atoms in total. The van der Waals surface area contributed by atoms with Gasteiger partial charge in [0.15, 0.2) is 0 Å². The van der Waals surface area contributed by atoms with Gasteiger partial charge in [0.2, 0.25) is 0 Å². The molecule has 2 heterocycles. The molecule has 0 radical (unpaired) electrons. The molecule has 0 amide bonds. The van der Waals surface area contributed by atoms with E-state index >= 15 is 0 Å². The van der Waals surface area contributed by atoms with Gasteiger partial charge in [0.05, 0.1) is 5.69 Å². The molecule has 0 fully saturated rings. The maximum atomic E-state index is 4.34. The number of hydrogen-bond acceptors (Lipinski definition) is 3. The fraction of sp³-hybridized carbons (Fsp3) is 0.211. The molecular formula is C19H20N4. The van der Waals surface area contributed by atoms with Crippen molar-refractivity contribution < 1.29 is 0 Å². The van der Waals surface area contributed by atoms with Crippen molar-refractivity contribution in [2.24, 2.45) is 0 Å². The third-order valence-corrected chi connectivity index (χ3v) is 4.34. The van der Waals surface area contributed by atoms with Crippen LogP contribution in [0.4, 0.5) is 11.4 Å². The normalized spacial score (nSPS) is 15.3. The lowest BCUT2D eigenvalue weighted by Gasteiger charge is -2.25. The second kappa shape index (κ2) is 5.89. The molecule has 0 saturated heterocycles. The molecule has 4 rings (SSSR count). The molecule has 3 aromatic rings. The lowest BCUT2D eigenvalue weighted by atomic mass is 10.1. The summed E-state index contributed by atoms with van der Waals surface area (Å²) < 4.78 is 1.91. The zero-order valence-electron chi connectivity index (χ0n) is 13.3. The van der Waals surface area contributed by atoms with Crippen LogP contribution in [-0.4, -0.2) is 34.8 Å². The van der Waals surface area contributed by atoms with Crippen LogP contribution in [0.15, 0.2) is 67.0 Å². The fourth-order valence-corrected chi connectivity index (χ4v) is 3.16. The molecule has 116 valence electrons. The maximum Gasteiger partial charge on any atom is 0.0650 e. The lowest BCUT2D eigenvalue weighted by Crippen LogP contribution is -2.26. The summed E-state index contributed by atoms with van der Waals surface area (Å²) in [5.74, 6) is 0. The lowest BCUT2D eigenvalue weighted by molar-refractivity contribution is 0.343. The van der Waals surface area contributed by atoms with Gasteiger partial charge in [0, 0.05) is 43.4 Å². The van der Waals surface area contributed by atoms with Crippen molar-refractivity contribution >= 4 is 11.4 Å². The molecule has 2 aromatic carbocycles. The van der Waals surface area contributed by atoms with Crippen molar-refractivity contribution in [1.29, 1.82) is 0 Å². The first-order chi connectivity index (χ1) is 11.3. The molecular weight excluding hydrogens is 284 g/mol. The minimum absolute atomic E-state index is 0.952. The molecule has 23 heavy (non-hydrogen) atoms. The van der Waals surface area contributed by atoms with Crippen molar-refractivity contribution in [3.8, 4) is 5.69 Å². The summed E-state index contributed by atoms with van der Waals surface area (Å²) in [6, 6.07) is 19.2. The quantitative estimate of drug-likeness (QED) is 0.724. The van der Waals surface area contributed by atoms with E-state index in [0.29, 0.717) is 0 Å². The first kappa shape index (κ1) is 14.0. The predicted octanol–water partition coefficient (Wildman–Crippen LogP) is 3.46. The van der Waals surface area contributed by atoms with Crippen LogP contribution in [0.5, 0.6) is 0 Å². The number of rotatable bonds is 2. The molecule has 0 spiro atoms. The Morgan fingerprint density at radius 2 is 1.78 bits per heavy atom. The van der Waals surface area contributed by atoms with Gasteiger partial charge >= 0.3 is 0 Å². The summed E-state index contributed by atoms with van der Waals surface area (Å²) in [6.45, 7) is 2.99. The molecule has 0 saturated carbocycles. The molecule has 4 heteroatoms. The third kappa shape index (κ3) is 2.73. The highest BCUT2D eigenvalue weighted by molar-refractivity contribution is 5.68. The SMILES string of the molecule is CN1CCN(c2ccccc2)c2ccc(-n3cccn3)cc2C1. The van der Waals surface area contributed by atoms with E-state index in [9.17, 15) is 0 Å². The standard InChI is InChI=1S/C19H20N4/c1-21-12-13-22(17-6-3-2-4-7-17)19-9-8-18(14-16(19)15-21)23-11-5-10-20-23/h2-11,14H,12-13,15H2,1H3. The zero-order valence-corrected chi connectivity index (χ0v) is 13.3. The molecule has 0 bridgehead atoms. The second-order valence-corrected chi connectivity index (χ2v) is 5.99. The van der Waals surface area contributed by atoms with Crippen LogP contribution in [0.3, 0.4) is 0 Å². The predicted molar refractivity (Wildman–Crippen MR) is 93.3 cm³/mol. The monoisotopic (exact) mass is 304 g/mol. The van der Waals surface area contributed by atoms with Crippen LogP contribution in [0, 0.1) is 0 Å². The highest BCUT2D eigenvalue weighted by atomic mass is 15.3. The summed E-state index contributed by atoms with van der Waals surface area (Å²) in [4.78, 5) is 4.78. The fourth-order valence-electron chi connectivity index (χ4n) is 3.16. The second-order valence-electron chi connectivity index (χ2n) is 5.99. The van der Waals surface area contributed by atoms with E-state index in [0.717, 1.165) is 25.3 Å². The largest absolute Gasteiger partial charge is 0.340 e. The summed E-state index contributed by atoms with van der Waals surface area (Å²) in [7, 11) is 2.18.